The summed E-state index contributed by atoms with van der Waals surface area (Å²) in [5.41, 5.74) is 7.09. The molecule has 0 spiro atoms. The van der Waals surface area contributed by atoms with Crippen molar-refractivity contribution in [3.05, 3.63) is 102 Å². The first-order valence-electron chi connectivity index (χ1n) is 10.2. The number of pyridine rings is 2. The van der Waals surface area contributed by atoms with E-state index in [1.807, 2.05) is 106 Å². The SMILES string of the molecule is C(=C\c1cnc2ccccn12)/c1ccc2c(/C=C/c3cnc4ccccn34)nnc-2cn1. The maximum absolute atomic E-state index is 4.56. The molecule has 0 saturated carbocycles. The van der Waals surface area contributed by atoms with Gasteiger partial charge < -0.3 is 8.80 Å². The maximum Gasteiger partial charge on any atom is 0.137 e. The molecule has 6 heterocycles. The van der Waals surface area contributed by atoms with E-state index in [1.165, 1.54) is 0 Å². The van der Waals surface area contributed by atoms with Crippen molar-refractivity contribution in [1.29, 1.82) is 0 Å². The van der Waals surface area contributed by atoms with E-state index >= 15 is 0 Å². The van der Waals surface area contributed by atoms with Gasteiger partial charge in [0.1, 0.15) is 17.0 Å². The number of imidazole rings is 2. The molecule has 0 saturated heterocycles. The second kappa shape index (κ2) is 7.55. The van der Waals surface area contributed by atoms with Crippen molar-refractivity contribution in [3.8, 4) is 11.3 Å². The lowest BCUT2D eigenvalue weighted by atomic mass is 10.1. The minimum atomic E-state index is 0.747. The zero-order valence-corrected chi connectivity index (χ0v) is 16.9. The van der Waals surface area contributed by atoms with Gasteiger partial charge in [-0.2, -0.15) is 0 Å². The molecular weight excluding hydrogens is 398 g/mol. The summed E-state index contributed by atoms with van der Waals surface area (Å²) in [6.07, 6.45) is 17.3. The topological polar surface area (TPSA) is 73.3 Å². The predicted molar refractivity (Wildman–Crippen MR) is 125 cm³/mol. The summed E-state index contributed by atoms with van der Waals surface area (Å²) in [4.78, 5) is 13.4. The molecule has 0 amide bonds. The Kier molecular flexibility index (Phi) is 4.28. The highest BCUT2D eigenvalue weighted by molar-refractivity contribution is 5.78. The molecular formula is C25H17N7. The molecule has 4 aromatic rings. The fourth-order valence-electron chi connectivity index (χ4n) is 3.67. The Bertz CT molecular complexity index is 1590. The molecule has 0 aliphatic carbocycles. The number of hydrogen-bond donors (Lipinski definition) is 0. The van der Waals surface area contributed by atoms with Gasteiger partial charge in [0.15, 0.2) is 0 Å². The lowest BCUT2D eigenvalue weighted by Gasteiger charge is -1.95. The van der Waals surface area contributed by atoms with Crippen LogP contribution in [0.25, 0.3) is 46.9 Å². The number of hydrogen-bond acceptors (Lipinski definition) is 5. The van der Waals surface area contributed by atoms with E-state index in [9.17, 15) is 0 Å². The van der Waals surface area contributed by atoms with Crippen LogP contribution in [0.1, 0.15) is 22.8 Å². The lowest BCUT2D eigenvalue weighted by molar-refractivity contribution is 1.08. The van der Waals surface area contributed by atoms with Crippen molar-refractivity contribution < 1.29 is 0 Å². The third kappa shape index (κ3) is 3.22. The third-order valence-electron chi connectivity index (χ3n) is 5.30. The van der Waals surface area contributed by atoms with Crippen LogP contribution in [0.2, 0.25) is 0 Å². The summed E-state index contributed by atoms with van der Waals surface area (Å²) in [5, 5.41) is 8.61. The molecule has 32 heavy (non-hydrogen) atoms. The Hall–Kier alpha value is -4.65. The molecule has 7 nitrogen and oxygen atoms in total. The van der Waals surface area contributed by atoms with Crippen molar-refractivity contribution in [2.75, 3.05) is 0 Å². The van der Waals surface area contributed by atoms with Crippen molar-refractivity contribution in [2.45, 2.75) is 0 Å². The Morgan fingerprint density at radius 1 is 0.594 bits per heavy atom. The Morgan fingerprint density at radius 2 is 1.28 bits per heavy atom. The van der Waals surface area contributed by atoms with Crippen LogP contribution < -0.4 is 0 Å². The Balaban J connectivity index is 1.30. The van der Waals surface area contributed by atoms with Gasteiger partial charge in [-0.1, -0.05) is 12.1 Å². The Morgan fingerprint density at radius 3 is 2.00 bits per heavy atom. The van der Waals surface area contributed by atoms with E-state index in [0.717, 1.165) is 45.3 Å². The van der Waals surface area contributed by atoms with Crippen LogP contribution in [-0.4, -0.2) is 34.0 Å². The van der Waals surface area contributed by atoms with Crippen LogP contribution in [0.5, 0.6) is 0 Å². The number of rotatable bonds is 4. The maximum atomic E-state index is 4.56. The molecule has 7 heteroatoms. The first-order chi connectivity index (χ1) is 15.8. The molecule has 0 aromatic carbocycles. The second-order valence-corrected chi connectivity index (χ2v) is 7.29. The molecule has 2 aliphatic rings. The minimum Gasteiger partial charge on any atom is -0.300 e. The highest BCUT2D eigenvalue weighted by Crippen LogP contribution is 2.24. The number of nitrogens with zero attached hydrogens (tertiary/aromatic N) is 7. The zero-order valence-electron chi connectivity index (χ0n) is 16.9. The van der Waals surface area contributed by atoms with Crippen molar-refractivity contribution in [1.82, 2.24) is 34.0 Å². The van der Waals surface area contributed by atoms with Crippen molar-refractivity contribution in [2.24, 2.45) is 0 Å². The van der Waals surface area contributed by atoms with Gasteiger partial charge in [-0.15, -0.1) is 10.2 Å². The first-order valence-corrected chi connectivity index (χ1v) is 10.2. The smallest absolute Gasteiger partial charge is 0.137 e. The average molecular weight is 415 g/mol. The van der Waals surface area contributed by atoms with E-state index in [2.05, 4.69) is 25.1 Å². The van der Waals surface area contributed by atoms with Gasteiger partial charge in [0.2, 0.25) is 0 Å². The summed E-state index contributed by atoms with van der Waals surface area (Å²) in [7, 11) is 0. The molecule has 0 unspecified atom stereocenters. The van der Waals surface area contributed by atoms with E-state index in [1.54, 1.807) is 6.20 Å². The summed E-state index contributed by atoms with van der Waals surface area (Å²) in [6.45, 7) is 0. The van der Waals surface area contributed by atoms with Gasteiger partial charge in [-0.25, -0.2) is 9.97 Å². The van der Waals surface area contributed by atoms with Gasteiger partial charge in [-0.3, -0.25) is 4.98 Å². The third-order valence-corrected chi connectivity index (χ3v) is 5.30. The highest BCUT2D eigenvalue weighted by Gasteiger charge is 2.10. The summed E-state index contributed by atoms with van der Waals surface area (Å²) in [5.74, 6) is 0. The molecule has 4 aromatic heterocycles. The molecule has 6 rings (SSSR count). The largest absolute Gasteiger partial charge is 0.300 e. The summed E-state index contributed by atoms with van der Waals surface area (Å²) < 4.78 is 4.06. The molecule has 2 aliphatic heterocycles. The van der Waals surface area contributed by atoms with Crippen LogP contribution in [0, 0.1) is 0 Å². The molecule has 0 N–H and O–H groups in total. The summed E-state index contributed by atoms with van der Waals surface area (Å²) >= 11 is 0. The summed E-state index contributed by atoms with van der Waals surface area (Å²) in [6, 6.07) is 15.8. The molecule has 0 bridgehead atoms. The number of fused-ring (bicyclic) bond motifs is 3. The van der Waals surface area contributed by atoms with Crippen LogP contribution in [0.3, 0.4) is 0 Å². The van der Waals surface area contributed by atoms with Gasteiger partial charge in [0, 0.05) is 18.0 Å². The van der Waals surface area contributed by atoms with Gasteiger partial charge in [0.05, 0.1) is 41.4 Å². The highest BCUT2D eigenvalue weighted by atomic mass is 15.1. The average Bonchev–Trinajstić information content (AvgIpc) is 3.51. The van der Waals surface area contributed by atoms with E-state index < -0.39 is 0 Å². The van der Waals surface area contributed by atoms with Crippen LogP contribution in [0.15, 0.2) is 79.5 Å². The quantitative estimate of drug-likeness (QED) is 0.420. The van der Waals surface area contributed by atoms with Gasteiger partial charge in [0.25, 0.3) is 0 Å². The monoisotopic (exact) mass is 415 g/mol. The Labute approximate surface area is 183 Å². The van der Waals surface area contributed by atoms with Crippen LogP contribution in [-0.2, 0) is 0 Å². The normalized spacial score (nSPS) is 12.1. The van der Waals surface area contributed by atoms with Gasteiger partial charge >= 0.3 is 0 Å². The molecule has 0 atom stereocenters. The fourth-order valence-corrected chi connectivity index (χ4v) is 3.67. The number of aromatic nitrogens is 7. The van der Waals surface area contributed by atoms with Crippen LogP contribution in [0.4, 0.5) is 0 Å². The lowest BCUT2D eigenvalue weighted by Crippen LogP contribution is -1.85. The van der Waals surface area contributed by atoms with Crippen LogP contribution >= 0.6 is 0 Å². The molecule has 152 valence electrons. The van der Waals surface area contributed by atoms with E-state index in [-0.39, 0.29) is 0 Å². The molecule has 0 radical (unpaired) electrons. The van der Waals surface area contributed by atoms with E-state index in [0.29, 0.717) is 0 Å². The zero-order chi connectivity index (χ0) is 21.3. The van der Waals surface area contributed by atoms with Crippen molar-refractivity contribution in [3.63, 3.8) is 0 Å². The molecule has 0 fully saturated rings. The predicted octanol–water partition coefficient (Wildman–Crippen LogP) is 4.61. The minimum absolute atomic E-state index is 0.747. The fraction of sp³-hybridized carbons (Fsp3) is 0. The van der Waals surface area contributed by atoms with E-state index in [4.69, 9.17) is 0 Å². The standard InChI is InChI=1S/C25H17N7/c1-3-13-31-19(15-27-24(31)5-1)9-7-18-8-11-21-22(29-30-23(21)17-26-18)12-10-20-16-28-25-6-2-4-14-32(20)25/h1-17H/b9-7+,12-10+. The van der Waals surface area contributed by atoms with Gasteiger partial charge in [-0.05, 0) is 60.7 Å². The second-order valence-electron chi connectivity index (χ2n) is 7.29. The first kappa shape index (κ1) is 18.1. The van der Waals surface area contributed by atoms with Crippen molar-refractivity contribution >= 4 is 35.6 Å².